The van der Waals surface area contributed by atoms with Crippen LogP contribution in [0.15, 0.2) is 24.3 Å². The average molecular weight is 305 g/mol. The van der Waals surface area contributed by atoms with Crippen LogP contribution < -0.4 is 0 Å². The van der Waals surface area contributed by atoms with Crippen LogP contribution in [0.2, 0.25) is 0 Å². The van der Waals surface area contributed by atoms with Gasteiger partial charge in [-0.2, -0.15) is 0 Å². The molecule has 0 spiro atoms. The second-order valence-corrected chi connectivity index (χ2v) is 5.48. The lowest BCUT2D eigenvalue weighted by Gasteiger charge is -2.20. The minimum absolute atomic E-state index is 0.129. The number of benzene rings is 1. The number of hydrogen-bond donors (Lipinski definition) is 1. The van der Waals surface area contributed by atoms with E-state index < -0.39 is 0 Å². The molecule has 0 amide bonds. The molecule has 1 aromatic rings. The molecule has 1 N–H and O–H groups in total. The van der Waals surface area contributed by atoms with Crippen LogP contribution in [0.3, 0.4) is 0 Å². The van der Waals surface area contributed by atoms with Crippen LogP contribution in [0.4, 0.5) is 4.39 Å². The Kier molecular flexibility index (Phi) is 4.04. The summed E-state index contributed by atoms with van der Waals surface area (Å²) in [4.78, 5) is 0. The summed E-state index contributed by atoms with van der Waals surface area (Å²) in [6.45, 7) is 2.06. The zero-order chi connectivity index (χ0) is 10.6. The Morgan fingerprint density at radius 3 is 2.43 bits per heavy atom. The van der Waals surface area contributed by atoms with E-state index in [1.165, 1.54) is 18.3 Å². The third kappa shape index (κ3) is 3.04. The first-order valence-corrected chi connectivity index (χ1v) is 5.62. The lowest BCUT2D eigenvalue weighted by atomic mass is 9.98. The van der Waals surface area contributed by atoms with Gasteiger partial charge >= 0.3 is 0 Å². The molecule has 1 rings (SSSR count). The summed E-state index contributed by atoms with van der Waals surface area (Å²) < 4.78 is 12.5. The normalized spacial score (nSPS) is 14.8. The van der Waals surface area contributed by atoms with Gasteiger partial charge in [-0.05, 0) is 30.5 Å². The minimum Gasteiger partial charge on any atom is -0.312 e. The van der Waals surface area contributed by atoms with Gasteiger partial charge in [0.25, 0.3) is 0 Å². The second-order valence-electron chi connectivity index (χ2n) is 3.34. The molecule has 0 radical (unpaired) electrons. The van der Waals surface area contributed by atoms with Crippen molar-refractivity contribution in [2.45, 2.75) is 23.2 Å². The van der Waals surface area contributed by atoms with Crippen LogP contribution in [0, 0.1) is 11.2 Å². The second kappa shape index (κ2) is 4.87. The SMILES string of the molecule is CCC(I)(C=N)Cc1ccc(F)cc1. The quantitative estimate of drug-likeness (QED) is 0.499. The maximum atomic E-state index is 12.6. The zero-order valence-electron chi connectivity index (χ0n) is 8.06. The van der Waals surface area contributed by atoms with E-state index in [1.807, 2.05) is 0 Å². The number of hydrogen-bond acceptors (Lipinski definition) is 1. The predicted octanol–water partition coefficient (Wildman–Crippen LogP) is 3.60. The lowest BCUT2D eigenvalue weighted by Crippen LogP contribution is -2.23. The van der Waals surface area contributed by atoms with Gasteiger partial charge < -0.3 is 5.41 Å². The van der Waals surface area contributed by atoms with E-state index in [2.05, 4.69) is 29.5 Å². The van der Waals surface area contributed by atoms with E-state index in [9.17, 15) is 4.39 Å². The fraction of sp³-hybridized carbons (Fsp3) is 0.364. The highest BCUT2D eigenvalue weighted by molar-refractivity contribution is 14.1. The lowest BCUT2D eigenvalue weighted by molar-refractivity contribution is 0.626. The first-order valence-electron chi connectivity index (χ1n) is 4.54. The molecule has 1 atom stereocenters. The van der Waals surface area contributed by atoms with Crippen molar-refractivity contribution in [3.05, 3.63) is 35.6 Å². The van der Waals surface area contributed by atoms with Gasteiger partial charge in [0.1, 0.15) is 5.82 Å². The first kappa shape index (κ1) is 11.6. The fourth-order valence-corrected chi connectivity index (χ4v) is 1.66. The third-order valence-corrected chi connectivity index (χ3v) is 3.71. The topological polar surface area (TPSA) is 23.9 Å². The number of halogens is 2. The molecule has 3 heteroatoms. The van der Waals surface area contributed by atoms with Gasteiger partial charge in [-0.15, -0.1) is 0 Å². The van der Waals surface area contributed by atoms with Gasteiger partial charge in [0.05, 0.1) is 3.42 Å². The van der Waals surface area contributed by atoms with Crippen molar-refractivity contribution in [3.8, 4) is 0 Å². The molecule has 1 unspecified atom stereocenters. The highest BCUT2D eigenvalue weighted by Gasteiger charge is 2.21. The molecule has 0 aliphatic rings. The van der Waals surface area contributed by atoms with E-state index in [0.717, 1.165) is 18.4 Å². The summed E-state index contributed by atoms with van der Waals surface area (Å²) >= 11 is 2.28. The molecule has 0 aliphatic carbocycles. The Morgan fingerprint density at radius 1 is 1.43 bits per heavy atom. The van der Waals surface area contributed by atoms with E-state index in [0.29, 0.717) is 0 Å². The molecular weight excluding hydrogens is 292 g/mol. The molecule has 0 bridgehead atoms. The van der Waals surface area contributed by atoms with Gasteiger partial charge in [-0.3, -0.25) is 0 Å². The van der Waals surface area contributed by atoms with Crippen LogP contribution in [-0.2, 0) is 6.42 Å². The Labute approximate surface area is 97.4 Å². The van der Waals surface area contributed by atoms with Crippen molar-refractivity contribution in [2.75, 3.05) is 0 Å². The predicted molar refractivity (Wildman–Crippen MR) is 65.9 cm³/mol. The van der Waals surface area contributed by atoms with E-state index in [-0.39, 0.29) is 9.24 Å². The maximum Gasteiger partial charge on any atom is 0.123 e. The van der Waals surface area contributed by atoms with Crippen LogP contribution in [-0.4, -0.2) is 9.64 Å². The van der Waals surface area contributed by atoms with Crippen molar-refractivity contribution in [2.24, 2.45) is 0 Å². The van der Waals surface area contributed by atoms with Gasteiger partial charge in [0.15, 0.2) is 0 Å². The molecule has 1 aromatic carbocycles. The van der Waals surface area contributed by atoms with E-state index >= 15 is 0 Å². The summed E-state index contributed by atoms with van der Waals surface area (Å²) in [5.41, 5.74) is 1.08. The fourth-order valence-electron chi connectivity index (χ4n) is 1.22. The van der Waals surface area contributed by atoms with E-state index in [1.54, 1.807) is 12.1 Å². The smallest absolute Gasteiger partial charge is 0.123 e. The van der Waals surface area contributed by atoms with Crippen LogP contribution in [0.1, 0.15) is 18.9 Å². The average Bonchev–Trinajstić information content (AvgIpc) is 2.21. The summed E-state index contributed by atoms with van der Waals surface area (Å²) in [6, 6.07) is 6.49. The molecule has 0 saturated carbocycles. The summed E-state index contributed by atoms with van der Waals surface area (Å²) in [5, 5.41) is 7.34. The Hall–Kier alpha value is -0.450. The maximum absolute atomic E-state index is 12.6. The van der Waals surface area contributed by atoms with Gasteiger partial charge in [-0.1, -0.05) is 41.6 Å². The molecule has 0 fully saturated rings. The zero-order valence-corrected chi connectivity index (χ0v) is 10.2. The molecule has 1 nitrogen and oxygen atoms in total. The molecule has 0 heterocycles. The Bertz CT molecular complexity index is 310. The molecule has 14 heavy (non-hydrogen) atoms. The van der Waals surface area contributed by atoms with Crippen LogP contribution in [0.25, 0.3) is 0 Å². The summed E-state index contributed by atoms with van der Waals surface area (Å²) in [6.07, 6.45) is 3.17. The van der Waals surface area contributed by atoms with Crippen LogP contribution >= 0.6 is 22.6 Å². The summed E-state index contributed by atoms with van der Waals surface area (Å²) in [5.74, 6) is -0.209. The van der Waals surface area contributed by atoms with Gasteiger partial charge in [0.2, 0.25) is 0 Å². The molecule has 0 aromatic heterocycles. The Balaban J connectivity index is 2.77. The van der Waals surface area contributed by atoms with Crippen molar-refractivity contribution in [1.82, 2.24) is 0 Å². The molecular formula is C11H13FIN. The number of alkyl halides is 1. The molecule has 0 saturated heterocycles. The standard InChI is InChI=1S/C11H13FIN/c1-2-11(13,8-14)7-9-3-5-10(12)6-4-9/h3-6,8,14H,2,7H2,1H3. The number of nitrogens with one attached hydrogen (secondary N) is 1. The molecule has 0 aliphatic heterocycles. The third-order valence-electron chi connectivity index (χ3n) is 2.26. The van der Waals surface area contributed by atoms with E-state index in [4.69, 9.17) is 5.41 Å². The first-order chi connectivity index (χ1) is 6.59. The largest absolute Gasteiger partial charge is 0.312 e. The highest BCUT2D eigenvalue weighted by Crippen LogP contribution is 2.25. The minimum atomic E-state index is -0.209. The van der Waals surface area contributed by atoms with Crippen molar-refractivity contribution in [3.63, 3.8) is 0 Å². The molecule has 76 valence electrons. The van der Waals surface area contributed by atoms with Gasteiger partial charge in [-0.25, -0.2) is 4.39 Å². The Morgan fingerprint density at radius 2 is 2.00 bits per heavy atom. The summed E-state index contributed by atoms with van der Waals surface area (Å²) in [7, 11) is 0. The monoisotopic (exact) mass is 305 g/mol. The van der Waals surface area contributed by atoms with Crippen molar-refractivity contribution >= 4 is 28.8 Å². The highest BCUT2D eigenvalue weighted by atomic mass is 127. The van der Waals surface area contributed by atoms with Crippen molar-refractivity contribution < 1.29 is 4.39 Å². The van der Waals surface area contributed by atoms with Crippen LogP contribution in [0.5, 0.6) is 0 Å². The van der Waals surface area contributed by atoms with Gasteiger partial charge in [0, 0.05) is 6.21 Å². The number of rotatable bonds is 4. The van der Waals surface area contributed by atoms with Crippen molar-refractivity contribution in [1.29, 1.82) is 5.41 Å².